The Morgan fingerprint density at radius 3 is 2.59 bits per heavy atom. The summed E-state index contributed by atoms with van der Waals surface area (Å²) in [6.07, 6.45) is 4.81. The summed E-state index contributed by atoms with van der Waals surface area (Å²) in [4.78, 5) is 16.3. The number of rotatable bonds is 5. The number of esters is 1. The minimum absolute atomic E-state index is 0.151. The van der Waals surface area contributed by atoms with Crippen LogP contribution in [0.1, 0.15) is 11.1 Å². The zero-order valence-electron chi connectivity index (χ0n) is 14.5. The maximum Gasteiger partial charge on any atom is 0.363 e. The Balaban J connectivity index is 1.89. The molecule has 0 N–H and O–H groups in total. The number of halogens is 2. The lowest BCUT2D eigenvalue weighted by atomic mass is 10.1. The van der Waals surface area contributed by atoms with Gasteiger partial charge in [0.25, 0.3) is 0 Å². The topological polar surface area (TPSA) is 57.1 Å². The number of cyclic esters (lactones) is 1. The normalized spacial score (nSPS) is 15.2. The summed E-state index contributed by atoms with van der Waals surface area (Å²) in [6.45, 7) is 0. The van der Waals surface area contributed by atoms with E-state index in [1.807, 2.05) is 0 Å². The van der Waals surface area contributed by atoms with Gasteiger partial charge in [-0.15, -0.1) is 0 Å². The van der Waals surface area contributed by atoms with Crippen molar-refractivity contribution in [3.63, 3.8) is 0 Å². The van der Waals surface area contributed by atoms with Crippen LogP contribution in [0, 0.1) is 0 Å². The average Bonchev–Trinajstić information content (AvgIpc) is 3.02. The number of carbonyl (C=O) groups is 1. The molecule has 3 rings (SSSR count). The molecule has 7 heteroatoms. The Bertz CT molecular complexity index is 980. The molecule has 1 aliphatic heterocycles. The SMILES string of the molecule is COc1ccc(OC)c(/C=C2N=C(/C=C/c3cccc(Cl)c3Cl)OC/2=O)c1. The second-order valence-corrected chi connectivity index (χ2v) is 6.24. The number of carbonyl (C=O) groups excluding carboxylic acids is 1. The molecule has 0 aromatic heterocycles. The van der Waals surface area contributed by atoms with Crippen LogP contribution in [0.15, 0.2) is 53.2 Å². The molecule has 0 aliphatic carbocycles. The maximum atomic E-state index is 12.1. The fourth-order valence-electron chi connectivity index (χ4n) is 2.41. The highest BCUT2D eigenvalue weighted by molar-refractivity contribution is 6.42. The van der Waals surface area contributed by atoms with Crippen molar-refractivity contribution in [3.8, 4) is 11.5 Å². The van der Waals surface area contributed by atoms with Gasteiger partial charge in [-0.2, -0.15) is 0 Å². The van der Waals surface area contributed by atoms with Gasteiger partial charge in [-0.3, -0.25) is 0 Å². The van der Waals surface area contributed by atoms with E-state index in [4.69, 9.17) is 37.4 Å². The van der Waals surface area contributed by atoms with Crippen LogP contribution in [0.3, 0.4) is 0 Å². The summed E-state index contributed by atoms with van der Waals surface area (Å²) in [6, 6.07) is 10.5. The van der Waals surface area contributed by atoms with Crippen molar-refractivity contribution in [3.05, 3.63) is 69.3 Å². The molecular formula is C20H15Cl2NO4. The van der Waals surface area contributed by atoms with Crippen LogP contribution >= 0.6 is 23.2 Å². The Hall–Kier alpha value is -2.76. The summed E-state index contributed by atoms with van der Waals surface area (Å²) in [5.41, 5.74) is 1.49. The summed E-state index contributed by atoms with van der Waals surface area (Å²) in [7, 11) is 3.10. The molecule has 0 saturated heterocycles. The molecular weight excluding hydrogens is 389 g/mol. The van der Waals surface area contributed by atoms with Crippen molar-refractivity contribution in [2.75, 3.05) is 14.2 Å². The number of methoxy groups -OCH3 is 2. The molecule has 2 aromatic carbocycles. The van der Waals surface area contributed by atoms with Crippen LogP contribution in [0.25, 0.3) is 12.2 Å². The first-order valence-corrected chi connectivity index (χ1v) is 8.64. The number of hydrogen-bond acceptors (Lipinski definition) is 5. The van der Waals surface area contributed by atoms with Crippen LogP contribution in [0.4, 0.5) is 0 Å². The average molecular weight is 404 g/mol. The fourth-order valence-corrected chi connectivity index (χ4v) is 2.78. The van der Waals surface area contributed by atoms with Gasteiger partial charge in [0.15, 0.2) is 5.70 Å². The van der Waals surface area contributed by atoms with E-state index >= 15 is 0 Å². The van der Waals surface area contributed by atoms with Gasteiger partial charge >= 0.3 is 5.97 Å². The van der Waals surface area contributed by atoms with Crippen molar-refractivity contribution in [2.24, 2.45) is 4.99 Å². The molecule has 0 fully saturated rings. The van der Waals surface area contributed by atoms with E-state index in [9.17, 15) is 4.79 Å². The lowest BCUT2D eigenvalue weighted by Crippen LogP contribution is -2.01. The Morgan fingerprint density at radius 1 is 1.04 bits per heavy atom. The zero-order valence-corrected chi connectivity index (χ0v) is 16.0. The number of hydrogen-bond donors (Lipinski definition) is 0. The molecule has 5 nitrogen and oxygen atoms in total. The van der Waals surface area contributed by atoms with Crippen LogP contribution < -0.4 is 9.47 Å². The second kappa shape index (κ2) is 8.29. The number of ether oxygens (including phenoxy) is 3. The number of aliphatic imine (C=N–C) groups is 1. The predicted octanol–water partition coefficient (Wildman–Crippen LogP) is 5.02. The molecule has 0 saturated carbocycles. The van der Waals surface area contributed by atoms with Gasteiger partial charge in [0.2, 0.25) is 5.90 Å². The van der Waals surface area contributed by atoms with E-state index in [1.54, 1.807) is 68.8 Å². The lowest BCUT2D eigenvalue weighted by Gasteiger charge is -2.07. The van der Waals surface area contributed by atoms with Gasteiger partial charge in [-0.1, -0.05) is 35.3 Å². The summed E-state index contributed by atoms with van der Waals surface area (Å²) in [5.74, 6) is 0.815. The first-order chi connectivity index (χ1) is 13.0. The van der Waals surface area contributed by atoms with E-state index in [0.717, 1.165) is 0 Å². The molecule has 1 heterocycles. The van der Waals surface area contributed by atoms with Crippen molar-refractivity contribution in [1.29, 1.82) is 0 Å². The molecule has 138 valence electrons. The molecule has 27 heavy (non-hydrogen) atoms. The van der Waals surface area contributed by atoms with Gasteiger partial charge in [0, 0.05) is 11.6 Å². The number of nitrogens with zero attached hydrogens (tertiary/aromatic N) is 1. The van der Waals surface area contributed by atoms with Gasteiger partial charge in [-0.05, 0) is 42.0 Å². The van der Waals surface area contributed by atoms with Gasteiger partial charge < -0.3 is 14.2 Å². The second-order valence-electron chi connectivity index (χ2n) is 5.45. The van der Waals surface area contributed by atoms with Crippen molar-refractivity contribution >= 4 is 47.2 Å². The van der Waals surface area contributed by atoms with Gasteiger partial charge in [0.05, 0.1) is 24.3 Å². The lowest BCUT2D eigenvalue weighted by molar-refractivity contribution is -0.129. The third-order valence-electron chi connectivity index (χ3n) is 3.75. The van der Waals surface area contributed by atoms with Crippen molar-refractivity contribution in [2.45, 2.75) is 0 Å². The van der Waals surface area contributed by atoms with E-state index in [0.29, 0.717) is 32.7 Å². The molecule has 0 bridgehead atoms. The maximum absolute atomic E-state index is 12.1. The standard InChI is InChI=1S/C20H15Cl2NO4/c1-25-14-7-8-17(26-2)13(10-14)11-16-20(24)27-18(23-16)9-6-12-4-3-5-15(21)19(12)22/h3-11H,1-2H3/b9-6+,16-11+. The molecule has 0 spiro atoms. The fraction of sp³-hybridized carbons (Fsp3) is 0.100. The smallest absolute Gasteiger partial charge is 0.363 e. The Morgan fingerprint density at radius 2 is 1.85 bits per heavy atom. The minimum atomic E-state index is -0.559. The van der Waals surface area contributed by atoms with E-state index < -0.39 is 5.97 Å². The van der Waals surface area contributed by atoms with E-state index in [2.05, 4.69) is 4.99 Å². The molecule has 2 aromatic rings. The van der Waals surface area contributed by atoms with Crippen LogP contribution in [-0.2, 0) is 9.53 Å². The first-order valence-electron chi connectivity index (χ1n) is 7.88. The largest absolute Gasteiger partial charge is 0.497 e. The van der Waals surface area contributed by atoms with Crippen molar-refractivity contribution < 1.29 is 19.0 Å². The molecule has 0 radical (unpaired) electrons. The Labute approximate surface area is 166 Å². The predicted molar refractivity (Wildman–Crippen MR) is 107 cm³/mol. The number of benzene rings is 2. The van der Waals surface area contributed by atoms with Crippen LogP contribution in [0.5, 0.6) is 11.5 Å². The van der Waals surface area contributed by atoms with Crippen LogP contribution in [-0.4, -0.2) is 26.1 Å². The van der Waals surface area contributed by atoms with E-state index in [-0.39, 0.29) is 11.6 Å². The summed E-state index contributed by atoms with van der Waals surface area (Å²) >= 11 is 12.1. The first kappa shape index (κ1) is 19.0. The van der Waals surface area contributed by atoms with Crippen molar-refractivity contribution in [1.82, 2.24) is 0 Å². The zero-order chi connectivity index (χ0) is 19.4. The molecule has 0 amide bonds. The summed E-state index contributed by atoms with van der Waals surface area (Å²) < 4.78 is 15.7. The van der Waals surface area contributed by atoms with Gasteiger partial charge in [0.1, 0.15) is 11.5 Å². The molecule has 0 atom stereocenters. The summed E-state index contributed by atoms with van der Waals surface area (Å²) in [5, 5.41) is 0.854. The highest BCUT2D eigenvalue weighted by atomic mass is 35.5. The van der Waals surface area contributed by atoms with Crippen LogP contribution in [0.2, 0.25) is 10.0 Å². The monoisotopic (exact) mass is 403 g/mol. The molecule has 1 aliphatic rings. The third kappa shape index (κ3) is 4.32. The highest BCUT2D eigenvalue weighted by Gasteiger charge is 2.22. The van der Waals surface area contributed by atoms with E-state index in [1.165, 1.54) is 0 Å². The highest BCUT2D eigenvalue weighted by Crippen LogP contribution is 2.29. The Kier molecular flexibility index (Phi) is 5.84. The quantitative estimate of drug-likeness (QED) is 0.519. The van der Waals surface area contributed by atoms with Gasteiger partial charge in [-0.25, -0.2) is 9.79 Å². The molecule has 0 unspecified atom stereocenters. The third-order valence-corrected chi connectivity index (χ3v) is 4.59. The minimum Gasteiger partial charge on any atom is -0.497 e.